The standard InChI is InChI=1S/C24H15N2/c1-3-7-17(8-4-1)21-15-13-19-11-12-20-14-16-22(18-9-5-2-6-10-18)26-24(20)23(19)25-21/h1,3-16H. The van der Waals surface area contributed by atoms with Crippen LogP contribution < -0.4 is 0 Å². The van der Waals surface area contributed by atoms with Crippen LogP contribution in [0, 0.1) is 6.07 Å². The fraction of sp³-hybridized carbons (Fsp3) is 0. The van der Waals surface area contributed by atoms with Gasteiger partial charge in [-0.25, -0.2) is 9.97 Å². The fourth-order valence-electron chi connectivity index (χ4n) is 3.26. The molecule has 0 saturated carbocycles. The lowest BCUT2D eigenvalue weighted by Gasteiger charge is -2.08. The van der Waals surface area contributed by atoms with Crippen LogP contribution in [0.1, 0.15) is 0 Å². The molecule has 0 aliphatic heterocycles. The van der Waals surface area contributed by atoms with Crippen molar-refractivity contribution in [3.63, 3.8) is 0 Å². The van der Waals surface area contributed by atoms with Gasteiger partial charge in [0, 0.05) is 21.9 Å². The van der Waals surface area contributed by atoms with Crippen LogP contribution in [0.25, 0.3) is 44.3 Å². The van der Waals surface area contributed by atoms with Crippen LogP contribution >= 0.6 is 0 Å². The lowest BCUT2D eigenvalue weighted by molar-refractivity contribution is 1.36. The lowest BCUT2D eigenvalue weighted by Crippen LogP contribution is -1.90. The fourth-order valence-corrected chi connectivity index (χ4v) is 3.26. The molecule has 2 nitrogen and oxygen atoms in total. The predicted octanol–water partition coefficient (Wildman–Crippen LogP) is 5.92. The normalized spacial score (nSPS) is 11.1. The number of benzene rings is 3. The molecule has 5 aromatic rings. The molecule has 26 heavy (non-hydrogen) atoms. The zero-order valence-electron chi connectivity index (χ0n) is 14.1. The SMILES string of the molecule is [c]1ccc(-c2ccc3ccc4ccc(-c5ccccc5)nc4c3n2)cc1. The van der Waals surface area contributed by atoms with Crippen LogP contribution in [0.15, 0.2) is 91.0 Å². The summed E-state index contributed by atoms with van der Waals surface area (Å²) in [5, 5.41) is 2.20. The molecule has 2 heterocycles. The van der Waals surface area contributed by atoms with E-state index in [4.69, 9.17) is 9.97 Å². The van der Waals surface area contributed by atoms with Gasteiger partial charge in [0.15, 0.2) is 0 Å². The molecule has 0 amide bonds. The molecule has 0 N–H and O–H groups in total. The monoisotopic (exact) mass is 331 g/mol. The molecule has 5 rings (SSSR count). The van der Waals surface area contributed by atoms with E-state index in [1.54, 1.807) is 0 Å². The molecule has 0 unspecified atom stereocenters. The Labute approximate surface area is 151 Å². The van der Waals surface area contributed by atoms with Crippen molar-refractivity contribution in [3.8, 4) is 22.5 Å². The average molecular weight is 331 g/mol. The highest BCUT2D eigenvalue weighted by molar-refractivity contribution is 6.04. The van der Waals surface area contributed by atoms with E-state index >= 15 is 0 Å². The van der Waals surface area contributed by atoms with Crippen LogP contribution in [-0.4, -0.2) is 9.97 Å². The molecule has 0 saturated heterocycles. The molecule has 2 aromatic heterocycles. The van der Waals surface area contributed by atoms with Crippen LogP contribution in [0.3, 0.4) is 0 Å². The number of nitrogens with zero attached hydrogens (tertiary/aromatic N) is 2. The third-order valence-corrected chi connectivity index (χ3v) is 4.60. The van der Waals surface area contributed by atoms with Gasteiger partial charge in [-0.2, -0.15) is 0 Å². The molecule has 0 aliphatic carbocycles. The Morgan fingerprint density at radius 3 is 1.58 bits per heavy atom. The first-order valence-electron chi connectivity index (χ1n) is 8.61. The van der Waals surface area contributed by atoms with Crippen molar-refractivity contribution in [1.82, 2.24) is 9.97 Å². The summed E-state index contributed by atoms with van der Waals surface area (Å²) >= 11 is 0. The maximum Gasteiger partial charge on any atom is 0.0972 e. The molecule has 0 bridgehead atoms. The van der Waals surface area contributed by atoms with E-state index in [0.29, 0.717) is 0 Å². The summed E-state index contributed by atoms with van der Waals surface area (Å²) < 4.78 is 0. The summed E-state index contributed by atoms with van der Waals surface area (Å²) in [5.41, 5.74) is 5.99. The van der Waals surface area contributed by atoms with Crippen LogP contribution in [0.4, 0.5) is 0 Å². The molecule has 0 fully saturated rings. The van der Waals surface area contributed by atoms with E-state index in [-0.39, 0.29) is 0 Å². The zero-order chi connectivity index (χ0) is 17.3. The van der Waals surface area contributed by atoms with Crippen molar-refractivity contribution in [2.75, 3.05) is 0 Å². The molecule has 0 spiro atoms. The van der Waals surface area contributed by atoms with Crippen LogP contribution in [-0.2, 0) is 0 Å². The first-order valence-corrected chi connectivity index (χ1v) is 8.61. The second kappa shape index (κ2) is 6.08. The van der Waals surface area contributed by atoms with E-state index < -0.39 is 0 Å². The summed E-state index contributed by atoms with van der Waals surface area (Å²) in [6.45, 7) is 0. The quantitative estimate of drug-likeness (QED) is 0.375. The summed E-state index contributed by atoms with van der Waals surface area (Å²) in [4.78, 5) is 9.87. The van der Waals surface area contributed by atoms with Crippen molar-refractivity contribution in [2.45, 2.75) is 0 Å². The highest BCUT2D eigenvalue weighted by atomic mass is 14.8. The second-order valence-corrected chi connectivity index (χ2v) is 6.26. The van der Waals surface area contributed by atoms with Gasteiger partial charge in [0.2, 0.25) is 0 Å². The Morgan fingerprint density at radius 1 is 0.500 bits per heavy atom. The van der Waals surface area contributed by atoms with E-state index in [1.165, 1.54) is 0 Å². The molecule has 0 aliphatic rings. The highest BCUT2D eigenvalue weighted by Crippen LogP contribution is 2.28. The Hall–Kier alpha value is -3.52. The maximum atomic E-state index is 4.94. The Balaban J connectivity index is 1.77. The molecular formula is C24H15N2. The van der Waals surface area contributed by atoms with Gasteiger partial charge in [-0.15, -0.1) is 0 Å². The van der Waals surface area contributed by atoms with Crippen LogP contribution in [0.5, 0.6) is 0 Å². The molecular weight excluding hydrogens is 316 g/mol. The van der Waals surface area contributed by atoms with E-state index in [0.717, 1.165) is 44.3 Å². The highest BCUT2D eigenvalue weighted by Gasteiger charge is 2.08. The lowest BCUT2D eigenvalue weighted by atomic mass is 10.1. The molecule has 121 valence electrons. The number of pyridine rings is 2. The van der Waals surface area contributed by atoms with Gasteiger partial charge < -0.3 is 0 Å². The largest absolute Gasteiger partial charge is 0.245 e. The van der Waals surface area contributed by atoms with Gasteiger partial charge in [0.05, 0.1) is 22.4 Å². The summed E-state index contributed by atoms with van der Waals surface area (Å²) in [6, 6.07) is 33.8. The predicted molar refractivity (Wildman–Crippen MR) is 107 cm³/mol. The molecule has 0 atom stereocenters. The second-order valence-electron chi connectivity index (χ2n) is 6.26. The van der Waals surface area contributed by atoms with Gasteiger partial charge >= 0.3 is 0 Å². The van der Waals surface area contributed by atoms with E-state index in [2.05, 4.69) is 54.6 Å². The Bertz CT molecular complexity index is 1110. The third-order valence-electron chi connectivity index (χ3n) is 4.60. The molecule has 3 aromatic carbocycles. The van der Waals surface area contributed by atoms with Crippen molar-refractivity contribution < 1.29 is 0 Å². The minimum atomic E-state index is 0.936. The summed E-state index contributed by atoms with van der Waals surface area (Å²) in [6.07, 6.45) is 0. The van der Waals surface area contributed by atoms with Gasteiger partial charge in [0.25, 0.3) is 0 Å². The number of rotatable bonds is 2. The van der Waals surface area contributed by atoms with E-state index in [9.17, 15) is 0 Å². The molecule has 1 radical (unpaired) electrons. The van der Waals surface area contributed by atoms with Gasteiger partial charge in [-0.1, -0.05) is 78.9 Å². The van der Waals surface area contributed by atoms with Crippen molar-refractivity contribution in [1.29, 1.82) is 0 Å². The number of hydrogen-bond acceptors (Lipinski definition) is 2. The summed E-state index contributed by atoms with van der Waals surface area (Å²) in [5.74, 6) is 0. The molecule has 2 heteroatoms. The van der Waals surface area contributed by atoms with Crippen molar-refractivity contribution in [3.05, 3.63) is 97.1 Å². The number of aromatic nitrogens is 2. The van der Waals surface area contributed by atoms with Gasteiger partial charge in [0.1, 0.15) is 0 Å². The zero-order valence-corrected chi connectivity index (χ0v) is 14.1. The minimum Gasteiger partial charge on any atom is -0.245 e. The third kappa shape index (κ3) is 2.52. The van der Waals surface area contributed by atoms with Crippen molar-refractivity contribution in [2.24, 2.45) is 0 Å². The van der Waals surface area contributed by atoms with Crippen molar-refractivity contribution >= 4 is 21.8 Å². The number of fused-ring (bicyclic) bond motifs is 3. The Morgan fingerprint density at radius 2 is 1.00 bits per heavy atom. The smallest absolute Gasteiger partial charge is 0.0972 e. The first kappa shape index (κ1) is 14.8. The van der Waals surface area contributed by atoms with Gasteiger partial charge in [-0.05, 0) is 18.2 Å². The average Bonchev–Trinajstić information content (AvgIpc) is 2.74. The Kier molecular flexibility index (Phi) is 3.46. The first-order chi connectivity index (χ1) is 12.9. The van der Waals surface area contributed by atoms with E-state index in [1.807, 2.05) is 42.5 Å². The summed E-state index contributed by atoms with van der Waals surface area (Å²) in [7, 11) is 0. The maximum absolute atomic E-state index is 4.94. The van der Waals surface area contributed by atoms with Gasteiger partial charge in [-0.3, -0.25) is 0 Å². The van der Waals surface area contributed by atoms with Crippen LogP contribution in [0.2, 0.25) is 0 Å². The number of hydrogen-bond donors (Lipinski definition) is 0. The minimum absolute atomic E-state index is 0.936. The topological polar surface area (TPSA) is 25.8 Å².